The number of carbonyl (C=O) groups is 1. The van der Waals surface area contributed by atoms with Crippen molar-refractivity contribution < 1.29 is 14.3 Å². The Morgan fingerprint density at radius 1 is 1.05 bits per heavy atom. The normalized spacial score (nSPS) is 15.1. The summed E-state index contributed by atoms with van der Waals surface area (Å²) in [5.41, 5.74) is 3.37. The molecule has 1 aliphatic rings. The Hall–Kier alpha value is -3.27. The van der Waals surface area contributed by atoms with Crippen molar-refractivity contribution >= 4 is 55.2 Å². The van der Waals surface area contributed by atoms with Gasteiger partial charge in [-0.05, 0) is 80.6 Å². The average molecular weight is 668 g/mol. The summed E-state index contributed by atoms with van der Waals surface area (Å²) in [4.78, 5) is 31.9. The molecule has 0 amide bonds. The highest BCUT2D eigenvalue weighted by molar-refractivity contribution is 9.11. The van der Waals surface area contributed by atoms with Crippen LogP contribution in [0.3, 0.4) is 0 Å². The molecule has 1 aliphatic heterocycles. The van der Waals surface area contributed by atoms with Gasteiger partial charge >= 0.3 is 5.97 Å². The maximum absolute atomic E-state index is 13.8. The lowest BCUT2D eigenvalue weighted by Crippen LogP contribution is -2.39. The van der Waals surface area contributed by atoms with Crippen molar-refractivity contribution in [2.75, 3.05) is 6.61 Å². The molecule has 2 heterocycles. The van der Waals surface area contributed by atoms with Gasteiger partial charge in [0.25, 0.3) is 5.56 Å². The fourth-order valence-corrected chi connectivity index (χ4v) is 6.92. The number of nitrogens with zero attached hydrogens (tertiary/aromatic N) is 2. The number of aromatic nitrogens is 1. The van der Waals surface area contributed by atoms with Crippen molar-refractivity contribution in [1.82, 2.24) is 4.57 Å². The van der Waals surface area contributed by atoms with Gasteiger partial charge in [0.1, 0.15) is 12.4 Å². The van der Waals surface area contributed by atoms with Crippen LogP contribution in [0.4, 0.5) is 0 Å². The first-order chi connectivity index (χ1) is 18.9. The fourth-order valence-electron chi connectivity index (χ4n) is 4.42. The largest absolute Gasteiger partial charge is 0.487 e. The monoisotopic (exact) mass is 666 g/mol. The van der Waals surface area contributed by atoms with Gasteiger partial charge in [-0.15, -0.1) is 0 Å². The summed E-state index contributed by atoms with van der Waals surface area (Å²) >= 11 is 8.52. The van der Waals surface area contributed by atoms with Gasteiger partial charge in [-0.2, -0.15) is 0 Å². The van der Waals surface area contributed by atoms with Gasteiger partial charge in [0.05, 0.1) is 37.4 Å². The Morgan fingerprint density at radius 2 is 1.69 bits per heavy atom. The van der Waals surface area contributed by atoms with E-state index in [1.807, 2.05) is 78.9 Å². The minimum Gasteiger partial charge on any atom is -0.487 e. The Balaban J connectivity index is 1.56. The number of rotatable bonds is 7. The second kappa shape index (κ2) is 11.9. The fraction of sp³-hybridized carbons (Fsp3) is 0.167. The van der Waals surface area contributed by atoms with E-state index in [0.717, 1.165) is 25.6 Å². The van der Waals surface area contributed by atoms with Gasteiger partial charge in [0.15, 0.2) is 4.80 Å². The van der Waals surface area contributed by atoms with Crippen molar-refractivity contribution in [2.24, 2.45) is 4.99 Å². The van der Waals surface area contributed by atoms with E-state index in [0.29, 0.717) is 33.0 Å². The first kappa shape index (κ1) is 27.3. The van der Waals surface area contributed by atoms with Crippen molar-refractivity contribution in [2.45, 2.75) is 26.5 Å². The van der Waals surface area contributed by atoms with Crippen LogP contribution >= 0.6 is 43.2 Å². The van der Waals surface area contributed by atoms with Gasteiger partial charge in [-0.1, -0.05) is 72.0 Å². The molecule has 1 unspecified atom stereocenters. The molecule has 0 fully saturated rings. The quantitative estimate of drug-likeness (QED) is 0.230. The lowest BCUT2D eigenvalue weighted by molar-refractivity contribution is -0.139. The summed E-state index contributed by atoms with van der Waals surface area (Å²) in [6.45, 7) is 4.20. The van der Waals surface area contributed by atoms with Crippen LogP contribution in [0, 0.1) is 0 Å². The summed E-state index contributed by atoms with van der Waals surface area (Å²) < 4.78 is 15.0. The number of carbonyl (C=O) groups excluding carboxylic acids is 1. The number of allylic oxidation sites excluding steroid dienone is 1. The first-order valence-corrected chi connectivity index (χ1v) is 14.7. The minimum absolute atomic E-state index is 0.224. The summed E-state index contributed by atoms with van der Waals surface area (Å²) in [5.74, 6) is 0.206. The van der Waals surface area contributed by atoms with E-state index in [4.69, 9.17) is 9.47 Å². The van der Waals surface area contributed by atoms with Crippen LogP contribution in [0.25, 0.3) is 6.08 Å². The topological polar surface area (TPSA) is 69.9 Å². The number of ether oxygens (including phenoxy) is 2. The minimum atomic E-state index is -0.629. The standard InChI is InChI=1S/C30H24Br2N2O4S/c1-3-37-29(36)25-18(2)33-30-34(26(25)21-12-8-5-9-13-21)28(35)24(39-30)16-20-14-22(31)27(23(32)15-20)38-17-19-10-6-4-7-11-19/h4-16,26H,3,17H2,1-2H3/b24-16+. The van der Waals surface area contributed by atoms with Crippen LogP contribution in [0.2, 0.25) is 0 Å². The van der Waals surface area contributed by atoms with Crippen LogP contribution in [0.15, 0.2) is 103 Å². The second-order valence-corrected chi connectivity index (χ2v) is 11.5. The molecule has 0 saturated carbocycles. The summed E-state index contributed by atoms with van der Waals surface area (Å²) in [7, 11) is 0. The molecule has 1 aromatic heterocycles. The molecule has 3 aromatic carbocycles. The molecule has 4 aromatic rings. The van der Waals surface area contributed by atoms with E-state index in [-0.39, 0.29) is 12.2 Å². The summed E-state index contributed by atoms with van der Waals surface area (Å²) in [6, 6.07) is 22.6. The number of hydrogen-bond acceptors (Lipinski definition) is 6. The molecule has 1 atom stereocenters. The smallest absolute Gasteiger partial charge is 0.338 e. The lowest BCUT2D eigenvalue weighted by atomic mass is 9.96. The van der Waals surface area contributed by atoms with E-state index in [1.54, 1.807) is 18.4 Å². The van der Waals surface area contributed by atoms with Gasteiger partial charge in [0.2, 0.25) is 0 Å². The molecule has 0 N–H and O–H groups in total. The molecule has 9 heteroatoms. The van der Waals surface area contributed by atoms with Gasteiger partial charge in [-0.25, -0.2) is 9.79 Å². The highest BCUT2D eigenvalue weighted by Gasteiger charge is 2.33. The number of halogens is 2. The Bertz CT molecular complexity index is 1720. The number of thiazole rings is 1. The molecule has 5 rings (SSSR count). The lowest BCUT2D eigenvalue weighted by Gasteiger charge is -2.24. The van der Waals surface area contributed by atoms with Crippen molar-refractivity contribution in [3.63, 3.8) is 0 Å². The van der Waals surface area contributed by atoms with E-state index >= 15 is 0 Å². The maximum Gasteiger partial charge on any atom is 0.338 e. The zero-order chi connectivity index (χ0) is 27.5. The number of hydrogen-bond donors (Lipinski definition) is 0. The molecular weight excluding hydrogens is 644 g/mol. The third kappa shape index (κ3) is 5.71. The van der Waals surface area contributed by atoms with Gasteiger partial charge in [0, 0.05) is 0 Å². The van der Waals surface area contributed by atoms with E-state index in [2.05, 4.69) is 36.9 Å². The van der Waals surface area contributed by atoms with E-state index < -0.39 is 12.0 Å². The zero-order valence-corrected chi connectivity index (χ0v) is 25.2. The van der Waals surface area contributed by atoms with Crippen molar-refractivity contribution in [3.05, 3.63) is 129 Å². The number of benzene rings is 3. The highest BCUT2D eigenvalue weighted by atomic mass is 79.9. The molecule has 39 heavy (non-hydrogen) atoms. The van der Waals surface area contributed by atoms with Crippen LogP contribution < -0.4 is 19.6 Å². The van der Waals surface area contributed by atoms with Gasteiger partial charge in [-0.3, -0.25) is 9.36 Å². The summed E-state index contributed by atoms with van der Waals surface area (Å²) in [6.07, 6.45) is 1.83. The number of esters is 1. The zero-order valence-electron chi connectivity index (χ0n) is 21.2. The van der Waals surface area contributed by atoms with Gasteiger partial charge < -0.3 is 9.47 Å². The molecule has 0 aliphatic carbocycles. The number of fused-ring (bicyclic) bond motifs is 1. The third-order valence-corrected chi connectivity index (χ3v) is 8.34. The van der Waals surface area contributed by atoms with Crippen LogP contribution in [-0.2, 0) is 16.1 Å². The van der Waals surface area contributed by atoms with Crippen LogP contribution in [0.5, 0.6) is 5.75 Å². The molecule has 0 saturated heterocycles. The predicted molar refractivity (Wildman–Crippen MR) is 159 cm³/mol. The Morgan fingerprint density at radius 3 is 2.33 bits per heavy atom. The van der Waals surface area contributed by atoms with Crippen LogP contribution in [0.1, 0.15) is 36.6 Å². The predicted octanol–water partition coefficient (Wildman–Crippen LogP) is 5.90. The Kier molecular flexibility index (Phi) is 8.30. The molecular formula is C30H24Br2N2O4S. The Labute approximate surface area is 246 Å². The first-order valence-electron chi connectivity index (χ1n) is 12.3. The average Bonchev–Trinajstić information content (AvgIpc) is 3.22. The molecule has 6 nitrogen and oxygen atoms in total. The van der Waals surface area contributed by atoms with Crippen LogP contribution in [-0.4, -0.2) is 17.1 Å². The maximum atomic E-state index is 13.8. The van der Waals surface area contributed by atoms with E-state index in [1.165, 1.54) is 11.3 Å². The van der Waals surface area contributed by atoms with Crippen molar-refractivity contribution in [3.8, 4) is 5.75 Å². The molecule has 0 radical (unpaired) electrons. The molecule has 198 valence electrons. The highest BCUT2D eigenvalue weighted by Crippen LogP contribution is 2.36. The SMILES string of the molecule is CCOC(=O)C1=C(C)N=c2s/c(=C/c3cc(Br)c(OCc4ccccc4)c(Br)c3)c(=O)n2C1c1ccccc1. The van der Waals surface area contributed by atoms with Crippen molar-refractivity contribution in [1.29, 1.82) is 0 Å². The molecule has 0 spiro atoms. The second-order valence-electron chi connectivity index (χ2n) is 8.80. The summed E-state index contributed by atoms with van der Waals surface area (Å²) in [5, 5.41) is 0. The third-order valence-electron chi connectivity index (χ3n) is 6.18. The molecule has 0 bridgehead atoms. The van der Waals surface area contributed by atoms with E-state index in [9.17, 15) is 9.59 Å².